The van der Waals surface area contributed by atoms with E-state index in [0.717, 1.165) is 11.3 Å². The van der Waals surface area contributed by atoms with Crippen LogP contribution in [-0.4, -0.2) is 20.7 Å². The van der Waals surface area contributed by atoms with Gasteiger partial charge in [-0.05, 0) is 30.7 Å². The van der Waals surface area contributed by atoms with Gasteiger partial charge in [-0.15, -0.1) is 0 Å². The van der Waals surface area contributed by atoms with Crippen LogP contribution in [0.15, 0.2) is 47.9 Å². The SMILES string of the molecule is C/C(=N/O)c1ccc(-n2cccn2)cc1. The normalized spacial score (nSPS) is 11.7. The van der Waals surface area contributed by atoms with Gasteiger partial charge in [0.15, 0.2) is 0 Å². The van der Waals surface area contributed by atoms with E-state index < -0.39 is 0 Å². The summed E-state index contributed by atoms with van der Waals surface area (Å²) in [5, 5.41) is 15.9. The standard InChI is InChI=1S/C11H11N3O/c1-9(13-15)10-3-5-11(6-4-10)14-8-2-7-12-14/h2-8,15H,1H3/b13-9-. The number of hydrogen-bond donors (Lipinski definition) is 1. The van der Waals surface area contributed by atoms with Gasteiger partial charge in [-0.25, -0.2) is 4.68 Å². The molecule has 0 radical (unpaired) electrons. The molecule has 0 bridgehead atoms. The third kappa shape index (κ3) is 1.88. The van der Waals surface area contributed by atoms with E-state index in [1.54, 1.807) is 17.8 Å². The van der Waals surface area contributed by atoms with Crippen LogP contribution in [0.3, 0.4) is 0 Å². The molecule has 0 saturated carbocycles. The summed E-state index contributed by atoms with van der Waals surface area (Å²) in [4.78, 5) is 0. The Balaban J connectivity index is 2.33. The molecule has 1 aromatic heterocycles. The average molecular weight is 201 g/mol. The molecule has 0 aliphatic heterocycles. The van der Waals surface area contributed by atoms with E-state index in [1.165, 1.54) is 0 Å². The minimum absolute atomic E-state index is 0.599. The second kappa shape index (κ2) is 3.96. The van der Waals surface area contributed by atoms with Crippen LogP contribution in [0.4, 0.5) is 0 Å². The molecule has 15 heavy (non-hydrogen) atoms. The van der Waals surface area contributed by atoms with Gasteiger partial charge < -0.3 is 5.21 Å². The second-order valence-corrected chi connectivity index (χ2v) is 3.18. The van der Waals surface area contributed by atoms with Gasteiger partial charge in [0, 0.05) is 12.4 Å². The van der Waals surface area contributed by atoms with Crippen molar-refractivity contribution in [3.8, 4) is 5.69 Å². The van der Waals surface area contributed by atoms with Crippen molar-refractivity contribution in [2.75, 3.05) is 0 Å². The Labute approximate surface area is 87.5 Å². The fraction of sp³-hybridized carbons (Fsp3) is 0.0909. The second-order valence-electron chi connectivity index (χ2n) is 3.18. The number of nitrogens with zero attached hydrogens (tertiary/aromatic N) is 3. The van der Waals surface area contributed by atoms with Crippen LogP contribution >= 0.6 is 0 Å². The molecule has 4 heteroatoms. The number of rotatable bonds is 2. The molecule has 0 unspecified atom stereocenters. The Morgan fingerprint density at radius 1 is 1.33 bits per heavy atom. The Kier molecular flexibility index (Phi) is 2.49. The van der Waals surface area contributed by atoms with Crippen molar-refractivity contribution in [2.24, 2.45) is 5.16 Å². The van der Waals surface area contributed by atoms with E-state index in [0.29, 0.717) is 5.71 Å². The Morgan fingerprint density at radius 3 is 2.60 bits per heavy atom. The lowest BCUT2D eigenvalue weighted by Gasteiger charge is -2.02. The maximum atomic E-state index is 8.61. The Bertz CT molecular complexity index is 457. The summed E-state index contributed by atoms with van der Waals surface area (Å²) in [7, 11) is 0. The van der Waals surface area contributed by atoms with Gasteiger partial charge in [0.1, 0.15) is 0 Å². The third-order valence-electron chi connectivity index (χ3n) is 2.20. The van der Waals surface area contributed by atoms with Gasteiger partial charge in [0.05, 0.1) is 11.4 Å². The van der Waals surface area contributed by atoms with E-state index in [2.05, 4.69) is 10.3 Å². The van der Waals surface area contributed by atoms with Crippen molar-refractivity contribution < 1.29 is 5.21 Å². The van der Waals surface area contributed by atoms with Crippen LogP contribution in [-0.2, 0) is 0 Å². The summed E-state index contributed by atoms with van der Waals surface area (Å²) in [5.41, 5.74) is 2.48. The van der Waals surface area contributed by atoms with Crippen molar-refractivity contribution in [1.29, 1.82) is 0 Å². The molecule has 1 heterocycles. The first kappa shape index (κ1) is 9.45. The van der Waals surface area contributed by atoms with E-state index in [-0.39, 0.29) is 0 Å². The van der Waals surface area contributed by atoms with Crippen molar-refractivity contribution in [1.82, 2.24) is 9.78 Å². The predicted octanol–water partition coefficient (Wildman–Crippen LogP) is 2.07. The van der Waals surface area contributed by atoms with Crippen LogP contribution < -0.4 is 0 Å². The number of benzene rings is 1. The van der Waals surface area contributed by atoms with E-state index in [1.807, 2.05) is 36.5 Å². The molecule has 4 nitrogen and oxygen atoms in total. The van der Waals surface area contributed by atoms with Gasteiger partial charge in [-0.2, -0.15) is 5.10 Å². The maximum absolute atomic E-state index is 8.61. The lowest BCUT2D eigenvalue weighted by Crippen LogP contribution is -1.97. The monoisotopic (exact) mass is 201 g/mol. The average Bonchev–Trinajstić information content (AvgIpc) is 2.82. The number of aromatic nitrogens is 2. The molecule has 2 aromatic rings. The molecule has 0 aliphatic carbocycles. The molecule has 2 rings (SSSR count). The highest BCUT2D eigenvalue weighted by molar-refractivity contribution is 5.98. The molecule has 0 spiro atoms. The summed E-state index contributed by atoms with van der Waals surface area (Å²) in [6, 6.07) is 9.51. The predicted molar refractivity (Wildman–Crippen MR) is 57.6 cm³/mol. The summed E-state index contributed by atoms with van der Waals surface area (Å²) in [5.74, 6) is 0. The largest absolute Gasteiger partial charge is 0.411 e. The summed E-state index contributed by atoms with van der Waals surface area (Å²) >= 11 is 0. The summed E-state index contributed by atoms with van der Waals surface area (Å²) < 4.78 is 1.77. The van der Waals surface area contributed by atoms with Crippen LogP contribution in [0, 0.1) is 0 Å². The summed E-state index contributed by atoms with van der Waals surface area (Å²) in [6.07, 6.45) is 3.61. The molecule has 1 N–H and O–H groups in total. The third-order valence-corrected chi connectivity index (χ3v) is 2.20. The van der Waals surface area contributed by atoms with Crippen LogP contribution in [0.1, 0.15) is 12.5 Å². The molecule has 0 fully saturated rings. The van der Waals surface area contributed by atoms with E-state index in [9.17, 15) is 0 Å². The van der Waals surface area contributed by atoms with Crippen LogP contribution in [0.2, 0.25) is 0 Å². The zero-order valence-electron chi connectivity index (χ0n) is 8.33. The van der Waals surface area contributed by atoms with Gasteiger partial charge in [0.25, 0.3) is 0 Å². The zero-order chi connectivity index (χ0) is 10.7. The van der Waals surface area contributed by atoms with Gasteiger partial charge in [0.2, 0.25) is 0 Å². The molecule has 0 atom stereocenters. The highest BCUT2D eigenvalue weighted by Crippen LogP contribution is 2.09. The van der Waals surface area contributed by atoms with E-state index in [4.69, 9.17) is 5.21 Å². The first-order valence-electron chi connectivity index (χ1n) is 4.60. The molecule has 0 amide bonds. The molecule has 0 saturated heterocycles. The van der Waals surface area contributed by atoms with Gasteiger partial charge in [-0.3, -0.25) is 0 Å². The highest BCUT2D eigenvalue weighted by Gasteiger charge is 1.99. The first-order valence-corrected chi connectivity index (χ1v) is 4.60. The Morgan fingerprint density at radius 2 is 2.07 bits per heavy atom. The fourth-order valence-corrected chi connectivity index (χ4v) is 1.33. The molecule has 0 aliphatic rings. The first-order chi connectivity index (χ1) is 7.31. The zero-order valence-corrected chi connectivity index (χ0v) is 8.33. The fourth-order valence-electron chi connectivity index (χ4n) is 1.33. The van der Waals surface area contributed by atoms with Crippen LogP contribution in [0.5, 0.6) is 0 Å². The number of oxime groups is 1. The highest BCUT2D eigenvalue weighted by atomic mass is 16.4. The van der Waals surface area contributed by atoms with Crippen molar-refractivity contribution in [3.05, 3.63) is 48.3 Å². The topological polar surface area (TPSA) is 50.4 Å². The van der Waals surface area contributed by atoms with Gasteiger partial charge in [-0.1, -0.05) is 17.3 Å². The lowest BCUT2D eigenvalue weighted by molar-refractivity contribution is 0.319. The quantitative estimate of drug-likeness (QED) is 0.459. The maximum Gasteiger partial charge on any atom is 0.0836 e. The van der Waals surface area contributed by atoms with E-state index >= 15 is 0 Å². The molecule has 76 valence electrons. The molecule has 1 aromatic carbocycles. The summed E-state index contributed by atoms with van der Waals surface area (Å²) in [6.45, 7) is 1.75. The van der Waals surface area contributed by atoms with Crippen molar-refractivity contribution in [2.45, 2.75) is 6.92 Å². The smallest absolute Gasteiger partial charge is 0.0836 e. The minimum Gasteiger partial charge on any atom is -0.411 e. The van der Waals surface area contributed by atoms with Crippen LogP contribution in [0.25, 0.3) is 5.69 Å². The minimum atomic E-state index is 0.599. The molecular formula is C11H11N3O. The van der Waals surface area contributed by atoms with Crippen molar-refractivity contribution >= 4 is 5.71 Å². The number of hydrogen-bond acceptors (Lipinski definition) is 3. The van der Waals surface area contributed by atoms with Crippen molar-refractivity contribution in [3.63, 3.8) is 0 Å². The van der Waals surface area contributed by atoms with Gasteiger partial charge >= 0.3 is 0 Å². The molecular weight excluding hydrogens is 190 g/mol. The Hall–Kier alpha value is -2.10. The lowest BCUT2D eigenvalue weighted by atomic mass is 10.1.